The highest BCUT2D eigenvalue weighted by Gasteiger charge is 2.29. The smallest absolute Gasteiger partial charge is 0.270 e. The van der Waals surface area contributed by atoms with Gasteiger partial charge in [0.1, 0.15) is 4.88 Å². The van der Waals surface area contributed by atoms with Crippen molar-refractivity contribution in [2.75, 3.05) is 5.32 Å². The summed E-state index contributed by atoms with van der Waals surface area (Å²) in [6, 6.07) is 11.6. The first-order valence-corrected chi connectivity index (χ1v) is 9.91. The largest absolute Gasteiger partial charge is 0.333 e. The SMILES string of the molecule is Cc1c(C(=O)Nc2ccsc2-c2nc(C3CC3)no2)cnn1-c1ccccc1. The molecule has 0 aliphatic heterocycles. The van der Waals surface area contributed by atoms with Crippen molar-refractivity contribution in [2.24, 2.45) is 0 Å². The minimum Gasteiger partial charge on any atom is -0.333 e. The van der Waals surface area contributed by atoms with Crippen LogP contribution in [0.15, 0.2) is 52.5 Å². The topological polar surface area (TPSA) is 85.8 Å². The molecule has 1 fully saturated rings. The molecule has 0 saturated heterocycles. The van der Waals surface area contributed by atoms with Crippen molar-refractivity contribution in [3.05, 3.63) is 65.1 Å². The van der Waals surface area contributed by atoms with E-state index in [1.165, 1.54) is 11.3 Å². The summed E-state index contributed by atoms with van der Waals surface area (Å²) < 4.78 is 7.16. The molecule has 4 aromatic rings. The van der Waals surface area contributed by atoms with Crippen LogP contribution in [0, 0.1) is 6.92 Å². The Labute approximate surface area is 165 Å². The Morgan fingerprint density at radius 2 is 2.07 bits per heavy atom. The van der Waals surface area contributed by atoms with Gasteiger partial charge in [0.15, 0.2) is 5.82 Å². The molecule has 1 aliphatic rings. The fourth-order valence-corrected chi connectivity index (χ4v) is 3.83. The van der Waals surface area contributed by atoms with Crippen molar-refractivity contribution < 1.29 is 9.32 Å². The Hall–Kier alpha value is -3.26. The lowest BCUT2D eigenvalue weighted by molar-refractivity contribution is 0.102. The predicted molar refractivity (Wildman–Crippen MR) is 106 cm³/mol. The second kappa shape index (κ2) is 6.72. The van der Waals surface area contributed by atoms with Crippen LogP contribution in [-0.4, -0.2) is 25.8 Å². The molecule has 0 unspecified atom stereocenters. The van der Waals surface area contributed by atoms with Gasteiger partial charge in [-0.2, -0.15) is 10.1 Å². The number of para-hydroxylation sites is 1. The quantitative estimate of drug-likeness (QED) is 0.544. The molecule has 0 atom stereocenters. The van der Waals surface area contributed by atoms with Crippen molar-refractivity contribution in [2.45, 2.75) is 25.7 Å². The summed E-state index contributed by atoms with van der Waals surface area (Å²) in [5.41, 5.74) is 2.86. The van der Waals surface area contributed by atoms with Gasteiger partial charge >= 0.3 is 0 Å². The Bertz CT molecular complexity index is 1140. The number of hydrogen-bond acceptors (Lipinski definition) is 6. The third kappa shape index (κ3) is 3.01. The molecule has 8 heteroatoms. The van der Waals surface area contributed by atoms with Gasteiger partial charge in [-0.05, 0) is 43.3 Å². The molecule has 1 aliphatic carbocycles. The van der Waals surface area contributed by atoms with E-state index in [9.17, 15) is 4.79 Å². The number of hydrogen-bond donors (Lipinski definition) is 1. The summed E-state index contributed by atoms with van der Waals surface area (Å²) >= 11 is 1.46. The third-order valence-corrected chi connectivity index (χ3v) is 5.65. The highest BCUT2D eigenvalue weighted by molar-refractivity contribution is 7.14. The van der Waals surface area contributed by atoms with Crippen molar-refractivity contribution in [1.29, 1.82) is 0 Å². The number of anilines is 1. The van der Waals surface area contributed by atoms with Gasteiger partial charge in [0.2, 0.25) is 0 Å². The second-order valence-corrected chi connectivity index (χ2v) is 7.66. The van der Waals surface area contributed by atoms with Gasteiger partial charge in [-0.3, -0.25) is 4.79 Å². The molecule has 1 amide bonds. The number of thiophene rings is 1. The maximum absolute atomic E-state index is 12.9. The molecule has 1 aromatic carbocycles. The molecule has 28 heavy (non-hydrogen) atoms. The van der Waals surface area contributed by atoms with Gasteiger partial charge in [0.05, 0.1) is 28.8 Å². The fourth-order valence-electron chi connectivity index (χ4n) is 3.06. The van der Waals surface area contributed by atoms with Crippen LogP contribution in [0.4, 0.5) is 5.69 Å². The standard InChI is InChI=1S/C20H17N5O2S/c1-12-15(11-21-25(12)14-5-3-2-4-6-14)19(26)22-16-9-10-28-17(16)20-23-18(24-27-20)13-7-8-13/h2-6,9-11,13H,7-8H2,1H3,(H,22,26). The molecule has 0 radical (unpaired) electrons. The van der Waals surface area contributed by atoms with Gasteiger partial charge in [-0.1, -0.05) is 23.4 Å². The van der Waals surface area contributed by atoms with E-state index < -0.39 is 0 Å². The maximum Gasteiger partial charge on any atom is 0.270 e. The molecule has 5 rings (SSSR count). The van der Waals surface area contributed by atoms with Gasteiger partial charge < -0.3 is 9.84 Å². The van der Waals surface area contributed by atoms with E-state index >= 15 is 0 Å². The van der Waals surface area contributed by atoms with E-state index in [1.807, 2.05) is 48.7 Å². The Morgan fingerprint density at radius 3 is 2.86 bits per heavy atom. The molecule has 7 nitrogen and oxygen atoms in total. The average molecular weight is 391 g/mol. The fraction of sp³-hybridized carbons (Fsp3) is 0.200. The van der Waals surface area contributed by atoms with Crippen LogP contribution in [-0.2, 0) is 0 Å². The summed E-state index contributed by atoms with van der Waals surface area (Å²) in [4.78, 5) is 18.1. The third-order valence-electron chi connectivity index (χ3n) is 4.75. The summed E-state index contributed by atoms with van der Waals surface area (Å²) in [6.07, 6.45) is 3.80. The number of rotatable bonds is 5. The minimum atomic E-state index is -0.221. The van der Waals surface area contributed by atoms with Gasteiger partial charge in [0.25, 0.3) is 11.8 Å². The first-order chi connectivity index (χ1) is 13.7. The maximum atomic E-state index is 12.9. The first kappa shape index (κ1) is 16.9. The Kier molecular flexibility index (Phi) is 4.05. The zero-order valence-corrected chi connectivity index (χ0v) is 15.9. The second-order valence-electron chi connectivity index (χ2n) is 6.74. The first-order valence-electron chi connectivity index (χ1n) is 9.03. The predicted octanol–water partition coefficient (Wildman–Crippen LogP) is 4.42. The van der Waals surface area contributed by atoms with Gasteiger partial charge in [-0.25, -0.2) is 4.68 Å². The molecule has 0 spiro atoms. The molecule has 140 valence electrons. The number of carbonyl (C=O) groups excluding carboxylic acids is 1. The summed E-state index contributed by atoms with van der Waals surface area (Å²) in [7, 11) is 0. The highest BCUT2D eigenvalue weighted by Crippen LogP contribution is 2.40. The van der Waals surface area contributed by atoms with Gasteiger partial charge in [-0.15, -0.1) is 11.3 Å². The molecule has 3 aromatic heterocycles. The van der Waals surface area contributed by atoms with Crippen LogP contribution < -0.4 is 5.32 Å². The highest BCUT2D eigenvalue weighted by atomic mass is 32.1. The van der Waals surface area contributed by atoms with Crippen molar-refractivity contribution in [1.82, 2.24) is 19.9 Å². The van der Waals surface area contributed by atoms with Crippen LogP contribution >= 0.6 is 11.3 Å². The zero-order valence-electron chi connectivity index (χ0n) is 15.1. The van der Waals surface area contributed by atoms with E-state index in [-0.39, 0.29) is 5.91 Å². The number of benzene rings is 1. The molecular formula is C20H17N5O2S. The number of nitrogens with one attached hydrogen (secondary N) is 1. The molecule has 1 N–H and O–H groups in total. The number of carbonyl (C=O) groups is 1. The van der Waals surface area contributed by atoms with E-state index in [2.05, 4.69) is 20.6 Å². The van der Waals surface area contributed by atoms with Crippen molar-refractivity contribution in [3.63, 3.8) is 0 Å². The minimum absolute atomic E-state index is 0.221. The van der Waals surface area contributed by atoms with E-state index in [0.29, 0.717) is 23.1 Å². The molecule has 1 saturated carbocycles. The molecular weight excluding hydrogens is 374 g/mol. The lowest BCUT2D eigenvalue weighted by Crippen LogP contribution is -2.13. The Balaban J connectivity index is 1.39. The molecule has 0 bridgehead atoms. The van der Waals surface area contributed by atoms with E-state index in [0.717, 1.165) is 34.9 Å². The monoisotopic (exact) mass is 391 g/mol. The van der Waals surface area contributed by atoms with Gasteiger partial charge in [0, 0.05) is 5.92 Å². The van der Waals surface area contributed by atoms with Crippen molar-refractivity contribution >= 4 is 22.9 Å². The lowest BCUT2D eigenvalue weighted by Gasteiger charge is -2.06. The Morgan fingerprint density at radius 1 is 1.25 bits per heavy atom. The summed E-state index contributed by atoms with van der Waals surface area (Å²) in [6.45, 7) is 1.88. The summed E-state index contributed by atoms with van der Waals surface area (Å²) in [5, 5.41) is 13.3. The number of aromatic nitrogens is 4. The summed E-state index contributed by atoms with van der Waals surface area (Å²) in [5.74, 6) is 1.40. The van der Waals surface area contributed by atoms with Crippen molar-refractivity contribution in [3.8, 4) is 16.5 Å². The normalized spacial score (nSPS) is 13.6. The lowest BCUT2D eigenvalue weighted by atomic mass is 10.2. The van der Waals surface area contributed by atoms with Crippen LogP contribution in [0.5, 0.6) is 0 Å². The molecule has 3 heterocycles. The average Bonchev–Trinajstić information content (AvgIpc) is 3.10. The van der Waals surface area contributed by atoms with E-state index in [1.54, 1.807) is 10.9 Å². The van der Waals surface area contributed by atoms with Crippen LogP contribution in [0.25, 0.3) is 16.5 Å². The zero-order chi connectivity index (χ0) is 19.1. The van der Waals surface area contributed by atoms with E-state index in [4.69, 9.17) is 4.52 Å². The number of nitrogens with zero attached hydrogens (tertiary/aromatic N) is 4. The van der Waals surface area contributed by atoms with Crippen LogP contribution in [0.3, 0.4) is 0 Å². The van der Waals surface area contributed by atoms with Crippen LogP contribution in [0.2, 0.25) is 0 Å². The van der Waals surface area contributed by atoms with Crippen LogP contribution in [0.1, 0.15) is 40.6 Å². The number of amides is 1.